The molecule has 0 saturated heterocycles. The summed E-state index contributed by atoms with van der Waals surface area (Å²) in [5.41, 5.74) is 2.85. The second kappa shape index (κ2) is 7.79. The first-order chi connectivity index (χ1) is 9.08. The van der Waals surface area contributed by atoms with Gasteiger partial charge in [0, 0.05) is 37.6 Å². The number of aryl methyl sites for hydroxylation is 1. The van der Waals surface area contributed by atoms with Crippen molar-refractivity contribution in [2.75, 3.05) is 25.6 Å². The summed E-state index contributed by atoms with van der Waals surface area (Å²) in [4.78, 5) is 11.7. The maximum Gasteiger partial charge on any atom is 0.251 e. The Kier molecular flexibility index (Phi) is 6.36. The van der Waals surface area contributed by atoms with Crippen molar-refractivity contribution < 1.29 is 9.53 Å². The van der Waals surface area contributed by atoms with Crippen molar-refractivity contribution >= 4 is 11.6 Å². The number of nitrogens with one attached hydrogen (secondary N) is 2. The first kappa shape index (κ1) is 15.5. The fourth-order valence-corrected chi connectivity index (χ4v) is 1.86. The van der Waals surface area contributed by atoms with Gasteiger partial charge in [-0.05, 0) is 51.0 Å². The molecule has 19 heavy (non-hydrogen) atoms. The molecule has 0 radical (unpaired) electrons. The van der Waals surface area contributed by atoms with E-state index < -0.39 is 0 Å². The van der Waals surface area contributed by atoms with Gasteiger partial charge in [0.25, 0.3) is 5.91 Å². The number of hydrogen-bond donors (Lipinski definition) is 2. The number of hydrogen-bond acceptors (Lipinski definition) is 3. The number of carbonyl (C=O) groups is 1. The van der Waals surface area contributed by atoms with Crippen molar-refractivity contribution in [2.24, 2.45) is 0 Å². The Morgan fingerprint density at radius 2 is 2.16 bits per heavy atom. The van der Waals surface area contributed by atoms with E-state index in [4.69, 9.17) is 4.74 Å². The van der Waals surface area contributed by atoms with E-state index in [1.54, 1.807) is 7.11 Å². The van der Waals surface area contributed by atoms with Crippen LogP contribution in [-0.2, 0) is 4.74 Å². The quantitative estimate of drug-likeness (QED) is 0.796. The highest BCUT2D eigenvalue weighted by molar-refractivity contribution is 5.94. The second-order valence-electron chi connectivity index (χ2n) is 4.72. The molecule has 2 N–H and O–H groups in total. The molecule has 0 fully saturated rings. The fraction of sp³-hybridized carbons (Fsp3) is 0.533. The van der Waals surface area contributed by atoms with E-state index in [1.807, 2.05) is 32.0 Å². The number of carbonyl (C=O) groups excluding carboxylic acids is 1. The third kappa shape index (κ3) is 4.91. The zero-order valence-electron chi connectivity index (χ0n) is 12.2. The van der Waals surface area contributed by atoms with Gasteiger partial charge in [0.2, 0.25) is 0 Å². The zero-order chi connectivity index (χ0) is 14.3. The van der Waals surface area contributed by atoms with Crippen LogP contribution in [-0.4, -0.2) is 32.2 Å². The maximum atomic E-state index is 11.7. The molecule has 0 aromatic heterocycles. The lowest BCUT2D eigenvalue weighted by Crippen LogP contribution is -2.23. The molecule has 1 aromatic rings. The number of methoxy groups -OCH3 is 1. The minimum atomic E-state index is -0.0235. The molecule has 4 heteroatoms. The molecule has 1 atom stereocenters. The number of benzene rings is 1. The molecular weight excluding hydrogens is 240 g/mol. The van der Waals surface area contributed by atoms with Gasteiger partial charge in [0.15, 0.2) is 0 Å². The van der Waals surface area contributed by atoms with Crippen LogP contribution in [0.1, 0.15) is 36.2 Å². The third-order valence-corrected chi connectivity index (χ3v) is 2.98. The van der Waals surface area contributed by atoms with E-state index in [0.717, 1.165) is 24.3 Å². The van der Waals surface area contributed by atoms with Gasteiger partial charge in [-0.2, -0.15) is 0 Å². The lowest BCUT2D eigenvalue weighted by molar-refractivity contribution is 0.0956. The van der Waals surface area contributed by atoms with Crippen molar-refractivity contribution in [3.05, 3.63) is 29.3 Å². The highest BCUT2D eigenvalue weighted by Crippen LogP contribution is 2.18. The summed E-state index contributed by atoms with van der Waals surface area (Å²) in [6.07, 6.45) is 0.952. The molecule has 1 amide bonds. The third-order valence-electron chi connectivity index (χ3n) is 2.98. The first-order valence-electron chi connectivity index (χ1n) is 6.72. The minimum absolute atomic E-state index is 0.0235. The average molecular weight is 264 g/mol. The summed E-state index contributed by atoms with van der Waals surface area (Å²) in [5.74, 6) is -0.0235. The van der Waals surface area contributed by atoms with Crippen LogP contribution in [0.2, 0.25) is 0 Å². The van der Waals surface area contributed by atoms with Crippen molar-refractivity contribution in [3.8, 4) is 0 Å². The smallest absolute Gasteiger partial charge is 0.251 e. The molecule has 4 nitrogen and oxygen atoms in total. The molecule has 0 saturated carbocycles. The number of rotatable bonds is 7. The van der Waals surface area contributed by atoms with Crippen molar-refractivity contribution in [2.45, 2.75) is 33.2 Å². The number of anilines is 1. The predicted octanol–water partition coefficient (Wildman–Crippen LogP) is 2.58. The molecule has 1 aromatic carbocycles. The van der Waals surface area contributed by atoms with E-state index in [9.17, 15) is 4.79 Å². The minimum Gasteiger partial charge on any atom is -0.385 e. The van der Waals surface area contributed by atoms with Crippen LogP contribution in [0.5, 0.6) is 0 Å². The molecule has 1 rings (SSSR count). The van der Waals surface area contributed by atoms with E-state index >= 15 is 0 Å². The predicted molar refractivity (Wildman–Crippen MR) is 78.8 cm³/mol. The lowest BCUT2D eigenvalue weighted by Gasteiger charge is -2.17. The summed E-state index contributed by atoms with van der Waals surface area (Å²) in [6, 6.07) is 6.07. The zero-order valence-corrected chi connectivity index (χ0v) is 12.2. The standard InChI is InChI=1S/C15H24N2O2/c1-5-16-15(18)13-6-7-14(11(2)10-13)17-12(3)8-9-19-4/h6-7,10,12,17H,5,8-9H2,1-4H3,(H,16,18). The van der Waals surface area contributed by atoms with E-state index in [1.165, 1.54) is 0 Å². The Bertz CT molecular complexity index is 419. The Labute approximate surface area is 115 Å². The molecular formula is C15H24N2O2. The number of amides is 1. The first-order valence-corrected chi connectivity index (χ1v) is 6.72. The summed E-state index contributed by atoms with van der Waals surface area (Å²) < 4.78 is 5.06. The van der Waals surface area contributed by atoms with Crippen LogP contribution >= 0.6 is 0 Å². The van der Waals surface area contributed by atoms with Crippen LogP contribution in [0, 0.1) is 6.92 Å². The monoisotopic (exact) mass is 264 g/mol. The van der Waals surface area contributed by atoms with Gasteiger partial charge in [-0.15, -0.1) is 0 Å². The molecule has 106 valence electrons. The lowest BCUT2D eigenvalue weighted by atomic mass is 10.1. The van der Waals surface area contributed by atoms with Gasteiger partial charge in [0.1, 0.15) is 0 Å². The van der Waals surface area contributed by atoms with Gasteiger partial charge in [-0.25, -0.2) is 0 Å². The van der Waals surface area contributed by atoms with Crippen LogP contribution in [0.4, 0.5) is 5.69 Å². The molecule has 0 bridgehead atoms. The van der Waals surface area contributed by atoms with Gasteiger partial charge < -0.3 is 15.4 Å². The molecule has 1 unspecified atom stereocenters. The normalized spacial score (nSPS) is 12.0. The molecule has 0 spiro atoms. The highest BCUT2D eigenvalue weighted by atomic mass is 16.5. The molecule has 0 heterocycles. The Morgan fingerprint density at radius 3 is 2.74 bits per heavy atom. The van der Waals surface area contributed by atoms with Crippen LogP contribution in [0.3, 0.4) is 0 Å². The SMILES string of the molecule is CCNC(=O)c1ccc(NC(C)CCOC)c(C)c1. The van der Waals surface area contributed by atoms with Gasteiger partial charge >= 0.3 is 0 Å². The maximum absolute atomic E-state index is 11.7. The fourth-order valence-electron chi connectivity index (χ4n) is 1.86. The average Bonchev–Trinajstić information content (AvgIpc) is 2.39. The van der Waals surface area contributed by atoms with E-state index in [2.05, 4.69) is 17.6 Å². The second-order valence-corrected chi connectivity index (χ2v) is 4.72. The number of ether oxygens (including phenoxy) is 1. The summed E-state index contributed by atoms with van der Waals surface area (Å²) in [7, 11) is 1.71. The molecule has 0 aliphatic carbocycles. The van der Waals surface area contributed by atoms with Gasteiger partial charge in [0.05, 0.1) is 0 Å². The van der Waals surface area contributed by atoms with Crippen molar-refractivity contribution in [3.63, 3.8) is 0 Å². The molecule has 0 aliphatic heterocycles. The topological polar surface area (TPSA) is 50.4 Å². The highest BCUT2D eigenvalue weighted by Gasteiger charge is 2.08. The van der Waals surface area contributed by atoms with Crippen LogP contribution < -0.4 is 10.6 Å². The summed E-state index contributed by atoms with van der Waals surface area (Å²) in [5, 5.41) is 6.23. The largest absolute Gasteiger partial charge is 0.385 e. The van der Waals surface area contributed by atoms with Gasteiger partial charge in [-0.3, -0.25) is 4.79 Å². The van der Waals surface area contributed by atoms with Gasteiger partial charge in [-0.1, -0.05) is 0 Å². The van der Waals surface area contributed by atoms with Crippen LogP contribution in [0.15, 0.2) is 18.2 Å². The van der Waals surface area contributed by atoms with Crippen molar-refractivity contribution in [1.82, 2.24) is 5.32 Å². The van der Waals surface area contributed by atoms with E-state index in [-0.39, 0.29) is 5.91 Å². The van der Waals surface area contributed by atoms with Crippen LogP contribution in [0.25, 0.3) is 0 Å². The molecule has 0 aliphatic rings. The summed E-state index contributed by atoms with van der Waals surface area (Å²) >= 11 is 0. The Balaban J connectivity index is 2.69. The van der Waals surface area contributed by atoms with E-state index in [0.29, 0.717) is 18.2 Å². The summed E-state index contributed by atoms with van der Waals surface area (Å²) in [6.45, 7) is 7.43. The van der Waals surface area contributed by atoms with Crippen molar-refractivity contribution in [1.29, 1.82) is 0 Å². The Morgan fingerprint density at radius 1 is 1.42 bits per heavy atom. The Hall–Kier alpha value is -1.55.